The SMILES string of the molecule is CO[C@@]1(NC(=O)C(=S=O)c2cccs2)C(=O)N2C(C(=O)O)=C(CSc3cccc[n+]3[O-])CS[C@@H]21. The van der Waals surface area contributed by atoms with Gasteiger partial charge in [-0.05, 0) is 23.1 Å². The number of fused-ring (bicyclic) bond motifs is 1. The number of amides is 2. The molecule has 2 amide bonds. The molecule has 178 valence electrons. The Morgan fingerprint density at radius 3 is 2.79 bits per heavy atom. The number of nitrogens with one attached hydrogen (secondary N) is 1. The summed E-state index contributed by atoms with van der Waals surface area (Å²) < 4.78 is 17.7. The van der Waals surface area contributed by atoms with Crippen LogP contribution in [0.3, 0.4) is 0 Å². The number of pyridine rings is 1. The van der Waals surface area contributed by atoms with Crippen LogP contribution in [-0.2, 0) is 30.4 Å². The molecule has 2 atom stereocenters. The Morgan fingerprint density at radius 1 is 1.38 bits per heavy atom. The Labute approximate surface area is 209 Å². The van der Waals surface area contributed by atoms with Crippen molar-refractivity contribution in [2.75, 3.05) is 18.6 Å². The van der Waals surface area contributed by atoms with Crippen molar-refractivity contribution in [3.63, 3.8) is 0 Å². The average Bonchev–Trinajstić information content (AvgIpc) is 3.36. The smallest absolute Gasteiger partial charge is 0.352 e. The zero-order valence-electron chi connectivity index (χ0n) is 17.5. The van der Waals surface area contributed by atoms with Crippen LogP contribution < -0.4 is 10.0 Å². The van der Waals surface area contributed by atoms with Crippen molar-refractivity contribution in [3.8, 4) is 0 Å². The summed E-state index contributed by atoms with van der Waals surface area (Å²) in [5.74, 6) is -2.39. The van der Waals surface area contributed by atoms with Gasteiger partial charge in [0.25, 0.3) is 22.6 Å². The summed E-state index contributed by atoms with van der Waals surface area (Å²) in [5, 5.41) is 25.5. The van der Waals surface area contributed by atoms with Crippen LogP contribution in [-0.4, -0.2) is 66.6 Å². The number of rotatable bonds is 8. The Bertz CT molecular complexity index is 1240. The number of nitrogens with zero attached hydrogens (tertiary/aromatic N) is 2. The highest BCUT2D eigenvalue weighted by molar-refractivity contribution is 8.01. The summed E-state index contributed by atoms with van der Waals surface area (Å²) in [6.07, 6.45) is 1.34. The van der Waals surface area contributed by atoms with E-state index in [2.05, 4.69) is 5.32 Å². The minimum absolute atomic E-state index is 0.00766. The molecule has 2 aliphatic heterocycles. The predicted molar refractivity (Wildman–Crippen MR) is 128 cm³/mol. The summed E-state index contributed by atoms with van der Waals surface area (Å²) in [6, 6.07) is 8.21. The number of carbonyl (C=O) groups excluding carboxylic acids is 2. The summed E-state index contributed by atoms with van der Waals surface area (Å²) in [6.45, 7) is 0. The van der Waals surface area contributed by atoms with E-state index < -0.39 is 28.9 Å². The van der Waals surface area contributed by atoms with Crippen LogP contribution in [0.25, 0.3) is 0 Å². The predicted octanol–water partition coefficient (Wildman–Crippen LogP) is 0.620. The highest BCUT2D eigenvalue weighted by Gasteiger charge is 2.66. The van der Waals surface area contributed by atoms with Crippen molar-refractivity contribution in [3.05, 3.63) is 63.3 Å². The van der Waals surface area contributed by atoms with E-state index >= 15 is 0 Å². The Kier molecular flexibility index (Phi) is 7.14. The molecular weight excluding hydrogens is 523 g/mol. The van der Waals surface area contributed by atoms with Crippen LogP contribution in [0, 0.1) is 5.21 Å². The Balaban J connectivity index is 1.58. The van der Waals surface area contributed by atoms with E-state index in [1.165, 1.54) is 36.4 Å². The van der Waals surface area contributed by atoms with E-state index in [0.717, 1.165) is 16.7 Å². The Morgan fingerprint density at radius 2 is 2.18 bits per heavy atom. The minimum Gasteiger partial charge on any atom is -0.618 e. The molecule has 0 spiro atoms. The molecule has 1 saturated heterocycles. The molecule has 10 nitrogen and oxygen atoms in total. The third-order valence-electron chi connectivity index (χ3n) is 5.15. The number of carboxylic acid groups (broad SMARTS) is 1. The molecule has 1 fully saturated rings. The van der Waals surface area contributed by atoms with Gasteiger partial charge in [0, 0.05) is 30.7 Å². The lowest BCUT2D eigenvalue weighted by Crippen LogP contribution is -2.81. The summed E-state index contributed by atoms with van der Waals surface area (Å²) in [7, 11) is 1.24. The molecule has 0 radical (unpaired) electrons. The maximum atomic E-state index is 13.2. The van der Waals surface area contributed by atoms with E-state index in [1.54, 1.807) is 35.7 Å². The lowest BCUT2D eigenvalue weighted by Gasteiger charge is -2.55. The number of thioether (sulfide) groups is 2. The third kappa shape index (κ3) is 4.15. The van der Waals surface area contributed by atoms with Crippen LogP contribution in [0.5, 0.6) is 0 Å². The van der Waals surface area contributed by atoms with Crippen LogP contribution in [0.4, 0.5) is 0 Å². The van der Waals surface area contributed by atoms with E-state index in [-0.39, 0.29) is 33.3 Å². The van der Waals surface area contributed by atoms with Crippen molar-refractivity contribution in [2.45, 2.75) is 16.1 Å². The second-order valence-corrected chi connectivity index (χ2v) is 10.6. The molecular formula is C20H17N3O7S4. The Hall–Kier alpha value is -2.65. The van der Waals surface area contributed by atoms with Gasteiger partial charge in [-0.3, -0.25) is 14.5 Å². The molecule has 34 heavy (non-hydrogen) atoms. The zero-order chi connectivity index (χ0) is 24.5. The van der Waals surface area contributed by atoms with E-state index in [4.69, 9.17) is 4.74 Å². The van der Waals surface area contributed by atoms with Crippen molar-refractivity contribution >= 4 is 68.8 Å². The fourth-order valence-corrected chi connectivity index (χ4v) is 7.24. The van der Waals surface area contributed by atoms with Crippen LogP contribution >= 0.6 is 34.9 Å². The molecule has 2 aromatic heterocycles. The van der Waals surface area contributed by atoms with E-state index in [1.807, 2.05) is 0 Å². The van der Waals surface area contributed by atoms with Gasteiger partial charge in [0.2, 0.25) is 0 Å². The van der Waals surface area contributed by atoms with Gasteiger partial charge in [-0.1, -0.05) is 17.8 Å². The van der Waals surface area contributed by atoms with Gasteiger partial charge >= 0.3 is 5.97 Å². The normalized spacial score (nSPS) is 21.5. The molecule has 0 unspecified atom stereocenters. The van der Waals surface area contributed by atoms with E-state index in [9.17, 15) is 28.9 Å². The van der Waals surface area contributed by atoms with Crippen molar-refractivity contribution in [1.29, 1.82) is 0 Å². The topological polar surface area (TPSA) is 140 Å². The number of carboxylic acids is 1. The first-order valence-corrected chi connectivity index (χ1v) is 13.3. The summed E-state index contributed by atoms with van der Waals surface area (Å²) >= 11 is 3.60. The maximum Gasteiger partial charge on any atom is 0.352 e. The van der Waals surface area contributed by atoms with Gasteiger partial charge in [-0.2, -0.15) is 4.73 Å². The molecule has 0 saturated carbocycles. The maximum absolute atomic E-state index is 13.2. The van der Waals surface area contributed by atoms with Gasteiger partial charge in [0.05, 0.1) is 4.88 Å². The molecule has 4 heterocycles. The summed E-state index contributed by atoms with van der Waals surface area (Å²) in [4.78, 5) is 39.6. The number of aromatic nitrogens is 1. The first-order chi connectivity index (χ1) is 16.3. The molecule has 0 aliphatic carbocycles. The molecule has 0 aromatic carbocycles. The standard InChI is InChI=1S/C20H17N3O7S4/c1-30-20(21-16(24)15(34-29)12-5-4-8-31-12)18(27)23-14(17(25)26)11(10-33-19(20)23)9-32-13-6-2-3-7-22(13)28/h2-8,19H,9-10H2,1H3,(H,21,24)(H,25,26)/t19-,20+/m1/s1. The monoisotopic (exact) mass is 539 g/mol. The minimum atomic E-state index is -1.81. The summed E-state index contributed by atoms with van der Waals surface area (Å²) in [5.41, 5.74) is -1.54. The zero-order valence-corrected chi connectivity index (χ0v) is 20.7. The number of methoxy groups -OCH3 is 1. The van der Waals surface area contributed by atoms with Gasteiger partial charge in [-0.25, -0.2) is 9.00 Å². The fraction of sp³-hybridized carbons (Fsp3) is 0.250. The number of β-lactam (4-membered cyclic amide) rings is 1. The number of hydrogen-bond donors (Lipinski definition) is 2. The number of thiophene rings is 1. The molecule has 14 heteroatoms. The molecule has 2 aliphatic rings. The first-order valence-electron chi connectivity index (χ1n) is 9.64. The second kappa shape index (κ2) is 9.92. The van der Waals surface area contributed by atoms with Crippen LogP contribution in [0.1, 0.15) is 4.88 Å². The van der Waals surface area contributed by atoms with Crippen molar-refractivity contribution in [1.82, 2.24) is 10.2 Å². The quantitative estimate of drug-likeness (QED) is 0.0940. The van der Waals surface area contributed by atoms with Gasteiger partial charge in [0.15, 0.2) is 6.20 Å². The number of carbonyl (C=O) groups is 3. The molecule has 0 bridgehead atoms. The van der Waals surface area contributed by atoms with Gasteiger partial charge in [-0.15, -0.1) is 23.1 Å². The average molecular weight is 540 g/mol. The highest BCUT2D eigenvalue weighted by Crippen LogP contribution is 2.47. The van der Waals surface area contributed by atoms with Crippen molar-refractivity contribution < 1.29 is 33.2 Å². The lowest BCUT2D eigenvalue weighted by atomic mass is 9.98. The molecule has 4 rings (SSSR count). The van der Waals surface area contributed by atoms with Crippen molar-refractivity contribution in [2.24, 2.45) is 0 Å². The highest BCUT2D eigenvalue weighted by atomic mass is 32.2. The van der Waals surface area contributed by atoms with Crippen LogP contribution in [0.15, 0.2) is 58.2 Å². The fourth-order valence-electron chi connectivity index (χ4n) is 3.56. The van der Waals surface area contributed by atoms with Crippen LogP contribution in [0.2, 0.25) is 0 Å². The van der Waals surface area contributed by atoms with E-state index in [0.29, 0.717) is 20.2 Å². The second-order valence-electron chi connectivity index (χ2n) is 7.03. The molecule has 2 N–H and O–H groups in total. The largest absolute Gasteiger partial charge is 0.618 e. The first kappa shape index (κ1) is 24.5. The third-order valence-corrected chi connectivity index (χ3v) is 9.22. The number of aliphatic carboxylic acids is 1. The number of ether oxygens (including phenoxy) is 1. The van der Waals surface area contributed by atoms with Gasteiger partial charge in [0.1, 0.15) is 27.2 Å². The number of hydrogen-bond acceptors (Lipinski definition) is 9. The van der Waals surface area contributed by atoms with Gasteiger partial charge < -0.3 is 20.4 Å². The lowest BCUT2D eigenvalue weighted by molar-refractivity contribution is -0.645. The molecule has 2 aromatic rings.